The molecule has 3 aliphatic rings. The number of hydrogen-bond donors (Lipinski definition) is 2. The molecule has 0 spiro atoms. The molecular weight excluding hydrogens is 604 g/mol. The summed E-state index contributed by atoms with van der Waals surface area (Å²) in [4.78, 5) is 18.4. The number of fused-ring (bicyclic) bond motifs is 3. The molecule has 9 nitrogen and oxygen atoms in total. The first-order chi connectivity index (χ1) is 22.8. The van der Waals surface area contributed by atoms with Gasteiger partial charge in [0.2, 0.25) is 0 Å². The fourth-order valence-electron chi connectivity index (χ4n) is 8.00. The van der Waals surface area contributed by atoms with Gasteiger partial charge in [0.15, 0.2) is 5.82 Å². The third-order valence-corrected chi connectivity index (χ3v) is 10.0. The van der Waals surface area contributed by atoms with E-state index in [-0.39, 0.29) is 50.9 Å². The molecule has 1 saturated carbocycles. The maximum absolute atomic E-state index is 16.8. The number of phenolic OH excluding ortho intramolecular Hbond substituents is 1. The number of terminal acetylenes is 1. The molecule has 246 valence electrons. The van der Waals surface area contributed by atoms with E-state index in [0.29, 0.717) is 56.0 Å². The van der Waals surface area contributed by atoms with Crippen LogP contribution in [0.1, 0.15) is 51.0 Å². The van der Waals surface area contributed by atoms with Gasteiger partial charge in [-0.3, -0.25) is 9.88 Å². The summed E-state index contributed by atoms with van der Waals surface area (Å²) < 4.78 is 43.8. The fraction of sp³-hybridized carbons (Fsp3) is 0.472. The number of aliphatic hydroxyl groups excluding tert-OH is 1. The van der Waals surface area contributed by atoms with Crippen molar-refractivity contribution in [1.82, 2.24) is 19.9 Å². The number of hydrogen-bond acceptors (Lipinski definition) is 9. The molecule has 2 aromatic heterocycles. The number of aromatic hydroxyl groups is 1. The maximum atomic E-state index is 16.8. The Balaban J connectivity index is 1.34. The summed E-state index contributed by atoms with van der Waals surface area (Å²) in [6.45, 7) is 6.08. The Labute approximate surface area is 272 Å². The van der Waals surface area contributed by atoms with Crippen molar-refractivity contribution >= 4 is 27.5 Å². The van der Waals surface area contributed by atoms with Crippen molar-refractivity contribution in [3.63, 3.8) is 0 Å². The number of nitrogens with zero attached hydrogens (tertiary/aromatic N) is 5. The number of β-amino-alcohol motifs (C(OH)–C–C–N with tert-alkyl or cyclic N) is 1. The van der Waals surface area contributed by atoms with E-state index in [9.17, 15) is 14.6 Å². The number of likely N-dealkylation sites (tertiary alicyclic amines) is 1. The molecule has 0 radical (unpaired) electrons. The Kier molecular flexibility index (Phi) is 8.59. The van der Waals surface area contributed by atoms with Gasteiger partial charge in [-0.25, -0.2) is 8.78 Å². The first kappa shape index (κ1) is 31.5. The lowest BCUT2D eigenvalue weighted by molar-refractivity contribution is -0.0178. The normalized spacial score (nSPS) is 22.6. The maximum Gasteiger partial charge on any atom is 0.319 e. The van der Waals surface area contributed by atoms with E-state index in [1.807, 2.05) is 11.8 Å². The zero-order valence-electron chi connectivity index (χ0n) is 26.5. The average molecular weight is 644 g/mol. The first-order valence-corrected chi connectivity index (χ1v) is 16.4. The predicted molar refractivity (Wildman–Crippen MR) is 175 cm³/mol. The molecule has 0 unspecified atom stereocenters. The number of aromatic nitrogens is 3. The number of piperidine rings is 1. The van der Waals surface area contributed by atoms with Crippen molar-refractivity contribution in [3.05, 3.63) is 47.7 Å². The summed E-state index contributed by atoms with van der Waals surface area (Å²) in [6, 6.07) is 5.86. The molecule has 4 aromatic rings. The Hall–Kier alpha value is -4.11. The number of rotatable bonds is 7. The van der Waals surface area contributed by atoms with Crippen LogP contribution in [0.4, 0.5) is 14.6 Å². The Bertz CT molecular complexity index is 1860. The summed E-state index contributed by atoms with van der Waals surface area (Å²) in [5, 5.41) is 21.8. The van der Waals surface area contributed by atoms with Crippen LogP contribution in [0.3, 0.4) is 0 Å². The topological polar surface area (TPSA) is 104 Å². The van der Waals surface area contributed by atoms with Gasteiger partial charge in [0, 0.05) is 54.8 Å². The lowest BCUT2D eigenvalue weighted by Gasteiger charge is -2.46. The molecule has 2 aliphatic heterocycles. The molecule has 2 N–H and O–H groups in total. The summed E-state index contributed by atoms with van der Waals surface area (Å²) in [5.41, 5.74) is -0.106. The van der Waals surface area contributed by atoms with E-state index in [4.69, 9.17) is 20.9 Å². The highest BCUT2D eigenvalue weighted by Crippen LogP contribution is 2.48. The van der Waals surface area contributed by atoms with Crippen molar-refractivity contribution in [2.75, 3.05) is 50.9 Å². The molecule has 11 heteroatoms. The zero-order valence-corrected chi connectivity index (χ0v) is 26.5. The van der Waals surface area contributed by atoms with Gasteiger partial charge in [-0.1, -0.05) is 18.4 Å². The summed E-state index contributed by atoms with van der Waals surface area (Å²) in [7, 11) is 0. The third kappa shape index (κ3) is 5.83. The zero-order chi connectivity index (χ0) is 32.7. The van der Waals surface area contributed by atoms with Crippen molar-refractivity contribution in [2.45, 2.75) is 57.6 Å². The highest BCUT2D eigenvalue weighted by molar-refractivity contribution is 6.03. The molecule has 3 fully saturated rings. The van der Waals surface area contributed by atoms with Crippen LogP contribution in [0.2, 0.25) is 0 Å². The Morgan fingerprint density at radius 2 is 1.98 bits per heavy atom. The standard InChI is InChI=1S/C36H39F2N5O4/c1-3-25-28(37)9-8-23-17-24(45)18-26(30(23)25)32-31(38)33-27(19-39-32)34(42-13-6-15-46-16-14-42)41-35(40-33)47-21-36-10-4-7-29(36)43(12-5-11-36)20-22(2)44/h1,8-9,17-19,22,29,44-45H,4-7,10-16,20-21H2,2H3/t22-,29-,36-/m1/s1. The van der Waals surface area contributed by atoms with Crippen molar-refractivity contribution in [2.24, 2.45) is 5.41 Å². The molecule has 4 heterocycles. The van der Waals surface area contributed by atoms with Gasteiger partial charge in [0.05, 0.1) is 30.3 Å². The molecule has 47 heavy (non-hydrogen) atoms. The van der Waals surface area contributed by atoms with Crippen molar-refractivity contribution in [1.29, 1.82) is 0 Å². The molecular formula is C36H39F2N5O4. The molecule has 7 rings (SSSR count). The number of ether oxygens (including phenoxy) is 2. The number of pyridine rings is 1. The van der Waals surface area contributed by atoms with Gasteiger partial charge >= 0.3 is 6.01 Å². The number of aliphatic hydroxyl groups is 1. The van der Waals surface area contributed by atoms with Crippen LogP contribution in [-0.4, -0.2) is 88.2 Å². The van der Waals surface area contributed by atoms with Gasteiger partial charge in [-0.2, -0.15) is 9.97 Å². The van der Waals surface area contributed by atoms with Gasteiger partial charge < -0.3 is 24.6 Å². The van der Waals surface area contributed by atoms with Gasteiger partial charge in [0.25, 0.3) is 0 Å². The molecule has 0 bridgehead atoms. The van der Waals surface area contributed by atoms with E-state index in [1.165, 1.54) is 30.5 Å². The minimum Gasteiger partial charge on any atom is -0.508 e. The third-order valence-electron chi connectivity index (χ3n) is 10.0. The lowest BCUT2D eigenvalue weighted by atomic mass is 9.75. The fourth-order valence-corrected chi connectivity index (χ4v) is 8.00. The number of halogens is 2. The highest BCUT2D eigenvalue weighted by Gasteiger charge is 2.48. The highest BCUT2D eigenvalue weighted by atomic mass is 19.1. The predicted octanol–water partition coefficient (Wildman–Crippen LogP) is 5.43. The van der Waals surface area contributed by atoms with E-state index in [1.54, 1.807) is 0 Å². The van der Waals surface area contributed by atoms with Crippen LogP contribution in [0.25, 0.3) is 32.9 Å². The van der Waals surface area contributed by atoms with E-state index in [0.717, 1.165) is 45.1 Å². The van der Waals surface area contributed by atoms with Crippen molar-refractivity contribution in [3.8, 4) is 35.4 Å². The van der Waals surface area contributed by atoms with Crippen LogP contribution in [0.5, 0.6) is 11.8 Å². The largest absolute Gasteiger partial charge is 0.508 e. The Morgan fingerprint density at radius 3 is 2.81 bits per heavy atom. The summed E-state index contributed by atoms with van der Waals surface area (Å²) >= 11 is 0. The van der Waals surface area contributed by atoms with Gasteiger partial charge in [-0.05, 0) is 69.2 Å². The second-order valence-corrected chi connectivity index (χ2v) is 13.1. The van der Waals surface area contributed by atoms with Crippen molar-refractivity contribution < 1.29 is 28.5 Å². The molecule has 1 aliphatic carbocycles. The van der Waals surface area contributed by atoms with Gasteiger partial charge in [-0.15, -0.1) is 6.42 Å². The van der Waals surface area contributed by atoms with Crippen LogP contribution < -0.4 is 9.64 Å². The molecule has 0 amide bonds. The summed E-state index contributed by atoms with van der Waals surface area (Å²) in [6.07, 6.45) is 12.7. The lowest BCUT2D eigenvalue weighted by Crippen LogP contribution is -2.53. The summed E-state index contributed by atoms with van der Waals surface area (Å²) in [5.74, 6) is 1.37. The molecule has 2 saturated heterocycles. The molecule has 3 atom stereocenters. The van der Waals surface area contributed by atoms with Gasteiger partial charge in [0.1, 0.15) is 28.6 Å². The SMILES string of the molecule is C#Cc1c(F)ccc2cc(O)cc(-c3ncc4c(N5CCCOCC5)nc(OC[C@]56CCC[C@H]5N(C[C@@H](C)O)CCC6)nc4c3F)c12. The number of benzene rings is 2. The minimum atomic E-state index is -0.751. The van der Waals surface area contributed by atoms with E-state index in [2.05, 4.69) is 20.8 Å². The quantitative estimate of drug-likeness (QED) is 0.255. The Morgan fingerprint density at radius 1 is 1.13 bits per heavy atom. The number of phenols is 1. The average Bonchev–Trinajstić information content (AvgIpc) is 3.31. The number of anilines is 1. The molecule has 2 aromatic carbocycles. The van der Waals surface area contributed by atoms with Crippen LogP contribution in [0, 0.1) is 29.4 Å². The van der Waals surface area contributed by atoms with E-state index < -0.39 is 17.7 Å². The van der Waals surface area contributed by atoms with Crippen LogP contribution >= 0.6 is 0 Å². The van der Waals surface area contributed by atoms with Crippen LogP contribution in [-0.2, 0) is 4.74 Å². The monoisotopic (exact) mass is 643 g/mol. The smallest absolute Gasteiger partial charge is 0.319 e. The second kappa shape index (κ2) is 12.8. The first-order valence-electron chi connectivity index (χ1n) is 16.4. The minimum absolute atomic E-state index is 0.00941. The van der Waals surface area contributed by atoms with Crippen LogP contribution in [0.15, 0.2) is 30.5 Å². The second-order valence-electron chi connectivity index (χ2n) is 13.1. The van der Waals surface area contributed by atoms with E-state index >= 15 is 4.39 Å².